The van der Waals surface area contributed by atoms with Crippen LogP contribution in [-0.4, -0.2) is 16.2 Å². The second-order valence-corrected chi connectivity index (χ2v) is 7.58. The van der Waals surface area contributed by atoms with Gasteiger partial charge in [-0.15, -0.1) is 0 Å². The number of hydrogen-bond donors (Lipinski definition) is 0. The highest BCUT2D eigenvalue weighted by Crippen LogP contribution is 2.28. The molecule has 0 radical (unpaired) electrons. The molecule has 0 fully saturated rings. The normalized spacial score (nSPS) is 12.5. The van der Waals surface area contributed by atoms with E-state index in [0.29, 0.717) is 0 Å². The predicted molar refractivity (Wildman–Crippen MR) is 90.7 cm³/mol. The molecule has 0 N–H and O–H groups in total. The number of imidazole rings is 1. The van der Waals surface area contributed by atoms with Crippen molar-refractivity contribution in [2.75, 3.05) is 7.11 Å². The fraction of sp³-hybridized carbons (Fsp3) is 0.500. The summed E-state index contributed by atoms with van der Waals surface area (Å²) in [6.45, 7) is 12.3. The van der Waals surface area contributed by atoms with Gasteiger partial charge in [0.1, 0.15) is 5.75 Å². The molecule has 1 aromatic carbocycles. The lowest BCUT2D eigenvalue weighted by Crippen LogP contribution is -2.39. The van der Waals surface area contributed by atoms with E-state index in [1.54, 1.807) is 11.7 Å². The Bertz CT molecular complexity index is 725. The van der Waals surface area contributed by atoms with Crippen molar-refractivity contribution in [3.63, 3.8) is 0 Å². The van der Waals surface area contributed by atoms with Gasteiger partial charge in [-0.3, -0.25) is 9.13 Å². The van der Waals surface area contributed by atoms with Crippen LogP contribution in [0.15, 0.2) is 35.3 Å². The third kappa shape index (κ3) is 2.96. The molecule has 0 spiro atoms. The Morgan fingerprint density at radius 2 is 1.64 bits per heavy atom. The first-order valence-electron chi connectivity index (χ1n) is 7.55. The maximum absolute atomic E-state index is 12.9. The summed E-state index contributed by atoms with van der Waals surface area (Å²) < 4.78 is 8.96. The molecular formula is C18H26N2O2. The molecule has 0 amide bonds. The summed E-state index contributed by atoms with van der Waals surface area (Å²) in [5, 5.41) is 0. The van der Waals surface area contributed by atoms with E-state index in [0.717, 1.165) is 17.0 Å². The lowest BCUT2D eigenvalue weighted by molar-refractivity contribution is 0.343. The van der Waals surface area contributed by atoms with E-state index in [1.807, 2.05) is 76.6 Å². The first kappa shape index (κ1) is 16.4. The molecule has 1 heterocycles. The molecule has 0 aliphatic rings. The summed E-state index contributed by atoms with van der Waals surface area (Å²) in [6.07, 6.45) is 1.95. The van der Waals surface area contributed by atoms with Crippen molar-refractivity contribution < 1.29 is 4.74 Å². The molecular weight excluding hydrogens is 276 g/mol. The van der Waals surface area contributed by atoms with Crippen LogP contribution in [0.3, 0.4) is 0 Å². The fourth-order valence-electron chi connectivity index (χ4n) is 2.56. The Labute approximate surface area is 132 Å². The molecule has 120 valence electrons. The van der Waals surface area contributed by atoms with Gasteiger partial charge in [-0.1, -0.05) is 12.1 Å². The van der Waals surface area contributed by atoms with E-state index in [4.69, 9.17) is 4.74 Å². The summed E-state index contributed by atoms with van der Waals surface area (Å²) in [4.78, 5) is 12.9. The molecule has 4 heteroatoms. The van der Waals surface area contributed by atoms with Crippen molar-refractivity contribution >= 4 is 0 Å². The summed E-state index contributed by atoms with van der Waals surface area (Å²) in [5.74, 6) is 0.786. The molecule has 22 heavy (non-hydrogen) atoms. The second kappa shape index (κ2) is 5.34. The highest BCUT2D eigenvalue weighted by molar-refractivity contribution is 5.61. The highest BCUT2D eigenvalue weighted by Gasteiger charge is 2.27. The van der Waals surface area contributed by atoms with E-state index in [2.05, 4.69) is 0 Å². The van der Waals surface area contributed by atoms with Gasteiger partial charge in [0, 0.05) is 22.8 Å². The van der Waals surface area contributed by atoms with Crippen molar-refractivity contribution in [3.8, 4) is 17.0 Å². The predicted octanol–water partition coefficient (Wildman–Crippen LogP) is 3.84. The van der Waals surface area contributed by atoms with Crippen LogP contribution in [0.25, 0.3) is 11.3 Å². The number of nitrogens with zero attached hydrogens (tertiary/aromatic N) is 2. The zero-order chi connectivity index (χ0) is 16.7. The van der Waals surface area contributed by atoms with Gasteiger partial charge in [0.05, 0.1) is 12.8 Å². The molecule has 0 unspecified atom stereocenters. The van der Waals surface area contributed by atoms with E-state index in [-0.39, 0.29) is 16.8 Å². The Hall–Kier alpha value is -1.97. The molecule has 0 saturated carbocycles. The average molecular weight is 302 g/mol. The van der Waals surface area contributed by atoms with Crippen LogP contribution in [0.5, 0.6) is 5.75 Å². The molecule has 0 bridgehead atoms. The molecule has 0 atom stereocenters. The summed E-state index contributed by atoms with van der Waals surface area (Å²) >= 11 is 0. The van der Waals surface area contributed by atoms with Gasteiger partial charge in [0.25, 0.3) is 0 Å². The van der Waals surface area contributed by atoms with E-state index >= 15 is 0 Å². The number of methoxy groups -OCH3 is 1. The second-order valence-electron chi connectivity index (χ2n) is 7.58. The number of aromatic nitrogens is 2. The Morgan fingerprint density at radius 3 is 2.14 bits per heavy atom. The van der Waals surface area contributed by atoms with Gasteiger partial charge in [-0.2, -0.15) is 0 Å². The zero-order valence-electron chi connectivity index (χ0n) is 14.6. The van der Waals surface area contributed by atoms with Gasteiger partial charge in [0.2, 0.25) is 0 Å². The Kier molecular flexibility index (Phi) is 3.98. The standard InChI is InChI=1S/C18H26N2O2/c1-17(2,3)19-12-15(20(16(19)21)18(4,5)6)13-9-8-10-14(11-13)22-7/h8-12H,1-7H3. The minimum Gasteiger partial charge on any atom is -0.497 e. The molecule has 0 aliphatic heterocycles. The summed E-state index contributed by atoms with van der Waals surface area (Å²) in [7, 11) is 1.65. The number of ether oxygens (including phenoxy) is 1. The highest BCUT2D eigenvalue weighted by atomic mass is 16.5. The SMILES string of the molecule is COc1cccc(-c2cn(C(C)(C)C)c(=O)n2C(C)(C)C)c1. The quantitative estimate of drug-likeness (QED) is 0.845. The minimum atomic E-state index is -0.300. The Morgan fingerprint density at radius 1 is 1.00 bits per heavy atom. The Balaban J connectivity index is 2.77. The van der Waals surface area contributed by atoms with Gasteiger partial charge in [-0.25, -0.2) is 4.79 Å². The minimum absolute atomic E-state index is 0.0119. The van der Waals surface area contributed by atoms with Gasteiger partial charge < -0.3 is 4.74 Å². The third-order valence-corrected chi connectivity index (χ3v) is 3.65. The average Bonchev–Trinajstić information content (AvgIpc) is 2.76. The van der Waals surface area contributed by atoms with Crippen LogP contribution in [0.1, 0.15) is 41.5 Å². The van der Waals surface area contributed by atoms with Crippen LogP contribution in [-0.2, 0) is 11.1 Å². The van der Waals surface area contributed by atoms with Gasteiger partial charge in [-0.05, 0) is 53.7 Å². The third-order valence-electron chi connectivity index (χ3n) is 3.65. The van der Waals surface area contributed by atoms with Gasteiger partial charge in [0.15, 0.2) is 0 Å². The molecule has 2 rings (SSSR count). The largest absolute Gasteiger partial charge is 0.497 e. The topological polar surface area (TPSA) is 36.2 Å². The monoisotopic (exact) mass is 302 g/mol. The van der Waals surface area contributed by atoms with Gasteiger partial charge >= 0.3 is 5.69 Å². The maximum Gasteiger partial charge on any atom is 0.329 e. The van der Waals surface area contributed by atoms with Crippen molar-refractivity contribution in [2.45, 2.75) is 52.6 Å². The van der Waals surface area contributed by atoms with Crippen molar-refractivity contribution in [2.24, 2.45) is 0 Å². The summed E-state index contributed by atoms with van der Waals surface area (Å²) in [5.41, 5.74) is 1.34. The molecule has 2 aromatic rings. The zero-order valence-corrected chi connectivity index (χ0v) is 14.6. The lowest BCUT2D eigenvalue weighted by atomic mass is 10.1. The van der Waals surface area contributed by atoms with Crippen molar-refractivity contribution in [1.82, 2.24) is 9.13 Å². The van der Waals surface area contributed by atoms with E-state index in [9.17, 15) is 4.79 Å². The number of rotatable bonds is 2. The summed E-state index contributed by atoms with van der Waals surface area (Å²) in [6, 6.07) is 7.82. The van der Waals surface area contributed by atoms with Crippen molar-refractivity contribution in [1.29, 1.82) is 0 Å². The molecule has 0 saturated heterocycles. The van der Waals surface area contributed by atoms with Crippen LogP contribution < -0.4 is 10.4 Å². The lowest BCUT2D eigenvalue weighted by Gasteiger charge is -2.23. The van der Waals surface area contributed by atoms with Crippen LogP contribution in [0, 0.1) is 0 Å². The first-order valence-corrected chi connectivity index (χ1v) is 7.55. The van der Waals surface area contributed by atoms with E-state index < -0.39 is 0 Å². The van der Waals surface area contributed by atoms with Crippen LogP contribution in [0.2, 0.25) is 0 Å². The smallest absolute Gasteiger partial charge is 0.329 e. The first-order chi connectivity index (χ1) is 10.1. The number of hydrogen-bond acceptors (Lipinski definition) is 2. The van der Waals surface area contributed by atoms with Crippen LogP contribution >= 0.6 is 0 Å². The molecule has 0 aliphatic carbocycles. The number of benzene rings is 1. The maximum atomic E-state index is 12.9. The molecule has 4 nitrogen and oxygen atoms in total. The van der Waals surface area contributed by atoms with Crippen molar-refractivity contribution in [3.05, 3.63) is 40.9 Å². The van der Waals surface area contributed by atoms with E-state index in [1.165, 1.54) is 0 Å². The fourth-order valence-corrected chi connectivity index (χ4v) is 2.56. The molecule has 1 aromatic heterocycles. The van der Waals surface area contributed by atoms with Crippen LogP contribution in [0.4, 0.5) is 0 Å².